The molecule has 3 aromatic rings. The van der Waals surface area contributed by atoms with E-state index in [0.717, 1.165) is 34.0 Å². The number of fused-ring (bicyclic) bond motifs is 1. The van der Waals surface area contributed by atoms with Gasteiger partial charge in [-0.15, -0.1) is 0 Å². The Labute approximate surface area is 151 Å². The number of ketones is 1. The van der Waals surface area contributed by atoms with Crippen LogP contribution in [0.2, 0.25) is 0 Å². The maximum absolute atomic E-state index is 11.4. The van der Waals surface area contributed by atoms with Crippen LogP contribution in [-0.2, 0) is 24.1 Å². The Balaban J connectivity index is 1.90. The molecule has 1 heterocycles. The van der Waals surface area contributed by atoms with Gasteiger partial charge in [-0.05, 0) is 50.5 Å². The number of carbonyl (C=O) groups is 1. The molecule has 0 unspecified atom stereocenters. The van der Waals surface area contributed by atoms with Crippen LogP contribution in [0.25, 0.3) is 11.0 Å². The van der Waals surface area contributed by atoms with E-state index in [4.69, 9.17) is 4.42 Å². The van der Waals surface area contributed by atoms with Gasteiger partial charge in [-0.25, -0.2) is 0 Å². The lowest BCUT2D eigenvalue weighted by Gasteiger charge is -2.04. The van der Waals surface area contributed by atoms with Gasteiger partial charge < -0.3 is 9.21 Å². The van der Waals surface area contributed by atoms with Gasteiger partial charge in [-0.1, -0.05) is 45.8 Å². The first-order valence-corrected chi connectivity index (χ1v) is 9.07. The van der Waals surface area contributed by atoms with Gasteiger partial charge in [0.25, 0.3) is 0 Å². The van der Waals surface area contributed by atoms with E-state index >= 15 is 0 Å². The Bertz CT molecular complexity index is 859. The van der Waals surface area contributed by atoms with Crippen molar-refractivity contribution >= 4 is 32.7 Å². The number of benzene rings is 2. The lowest BCUT2D eigenvalue weighted by molar-refractivity contribution is -0.117. The van der Waals surface area contributed by atoms with Gasteiger partial charge >= 0.3 is 0 Å². The van der Waals surface area contributed by atoms with Crippen LogP contribution in [0, 0.1) is 6.92 Å². The Kier molecular flexibility index (Phi) is 5.20. The third-order valence-corrected chi connectivity index (χ3v) is 4.82. The maximum Gasteiger partial charge on any atom is 0.134 e. The second-order valence-corrected chi connectivity index (χ2v) is 7.25. The molecule has 0 aliphatic heterocycles. The van der Waals surface area contributed by atoms with E-state index in [1.807, 2.05) is 12.1 Å². The highest BCUT2D eigenvalue weighted by atomic mass is 79.9. The van der Waals surface area contributed by atoms with Crippen LogP contribution in [0.3, 0.4) is 0 Å². The van der Waals surface area contributed by atoms with Crippen molar-refractivity contribution in [2.75, 3.05) is 0 Å². The predicted octanol–water partition coefficient (Wildman–Crippen LogP) is 5.81. The molecule has 0 N–H and O–H groups in total. The van der Waals surface area contributed by atoms with Crippen molar-refractivity contribution in [1.29, 1.82) is 0 Å². The number of furan rings is 1. The number of carbonyl (C=O) groups excluding carboxylic acids is 1. The van der Waals surface area contributed by atoms with Crippen molar-refractivity contribution in [2.24, 2.45) is 0 Å². The minimum absolute atomic E-state index is 0.195. The average Bonchev–Trinajstić information content (AvgIpc) is 2.89. The second-order valence-electron chi connectivity index (χ2n) is 6.33. The van der Waals surface area contributed by atoms with Gasteiger partial charge in [-0.3, -0.25) is 0 Å². The number of rotatable bonds is 6. The number of hydrogen-bond acceptors (Lipinski definition) is 2. The summed E-state index contributed by atoms with van der Waals surface area (Å²) in [5.74, 6) is 1.14. The molecule has 3 heteroatoms. The summed E-state index contributed by atoms with van der Waals surface area (Å²) in [6, 6.07) is 14.8. The van der Waals surface area contributed by atoms with Crippen LogP contribution >= 0.6 is 15.9 Å². The predicted molar refractivity (Wildman–Crippen MR) is 102 cm³/mol. The molecule has 0 aliphatic carbocycles. The van der Waals surface area contributed by atoms with E-state index in [9.17, 15) is 4.79 Å². The number of Topliss-reactive ketones (excluding diaryl/α,β-unsaturated/α-hetero) is 1. The molecule has 0 atom stereocenters. The van der Waals surface area contributed by atoms with Crippen LogP contribution in [-0.4, -0.2) is 5.78 Å². The highest BCUT2D eigenvalue weighted by Crippen LogP contribution is 2.30. The van der Waals surface area contributed by atoms with Crippen LogP contribution in [0.1, 0.15) is 35.8 Å². The monoisotopic (exact) mass is 384 g/mol. The summed E-state index contributed by atoms with van der Waals surface area (Å²) in [6.45, 7) is 3.73. The molecule has 0 bridgehead atoms. The molecule has 3 rings (SSSR count). The molecular weight excluding hydrogens is 364 g/mol. The van der Waals surface area contributed by atoms with E-state index in [0.29, 0.717) is 12.8 Å². The first kappa shape index (κ1) is 17.0. The smallest absolute Gasteiger partial charge is 0.134 e. The van der Waals surface area contributed by atoms with E-state index in [1.165, 1.54) is 16.7 Å². The van der Waals surface area contributed by atoms with Crippen molar-refractivity contribution in [2.45, 2.75) is 39.5 Å². The third-order valence-electron chi connectivity index (χ3n) is 4.32. The molecule has 0 fully saturated rings. The summed E-state index contributed by atoms with van der Waals surface area (Å²) in [6.07, 6.45) is 3.08. The van der Waals surface area contributed by atoms with Crippen molar-refractivity contribution < 1.29 is 9.21 Å². The molecule has 24 heavy (non-hydrogen) atoms. The molecular formula is C21H21BrO2. The molecule has 2 nitrogen and oxygen atoms in total. The Morgan fingerprint density at radius 3 is 2.50 bits per heavy atom. The zero-order valence-electron chi connectivity index (χ0n) is 14.1. The number of hydrogen-bond donors (Lipinski definition) is 0. The quantitative estimate of drug-likeness (QED) is 0.536. The molecule has 1 aromatic heterocycles. The van der Waals surface area contributed by atoms with Gasteiger partial charge in [0.05, 0.1) is 0 Å². The van der Waals surface area contributed by atoms with Crippen LogP contribution in [0.15, 0.2) is 51.4 Å². The Morgan fingerprint density at radius 2 is 1.79 bits per heavy atom. The first-order valence-electron chi connectivity index (χ1n) is 8.27. The topological polar surface area (TPSA) is 30.2 Å². The summed E-state index contributed by atoms with van der Waals surface area (Å²) >= 11 is 3.55. The zero-order valence-corrected chi connectivity index (χ0v) is 15.7. The Hall–Kier alpha value is -1.87. The van der Waals surface area contributed by atoms with E-state index in [2.05, 4.69) is 53.2 Å². The third kappa shape index (κ3) is 3.96. The molecule has 0 radical (unpaired) electrons. The van der Waals surface area contributed by atoms with Crippen molar-refractivity contribution in [3.8, 4) is 0 Å². The van der Waals surface area contributed by atoms with Crippen LogP contribution < -0.4 is 0 Å². The molecule has 0 saturated carbocycles. The summed E-state index contributed by atoms with van der Waals surface area (Å²) in [4.78, 5) is 11.4. The van der Waals surface area contributed by atoms with Gasteiger partial charge in [0.1, 0.15) is 17.1 Å². The molecule has 0 aliphatic rings. The van der Waals surface area contributed by atoms with Gasteiger partial charge in [0.2, 0.25) is 0 Å². The van der Waals surface area contributed by atoms with Crippen LogP contribution in [0.5, 0.6) is 0 Å². The molecule has 0 saturated heterocycles. The fourth-order valence-corrected chi connectivity index (χ4v) is 3.32. The highest BCUT2D eigenvalue weighted by molar-refractivity contribution is 9.10. The fourth-order valence-electron chi connectivity index (χ4n) is 2.96. The van der Waals surface area contributed by atoms with Gasteiger partial charge in [0, 0.05) is 28.3 Å². The molecule has 0 amide bonds. The summed E-state index contributed by atoms with van der Waals surface area (Å²) < 4.78 is 7.09. The van der Waals surface area contributed by atoms with Gasteiger partial charge in [-0.2, -0.15) is 0 Å². The van der Waals surface area contributed by atoms with Crippen molar-refractivity contribution in [3.63, 3.8) is 0 Å². The lowest BCUT2D eigenvalue weighted by Crippen LogP contribution is -1.98. The van der Waals surface area contributed by atoms with E-state index < -0.39 is 0 Å². The van der Waals surface area contributed by atoms with Gasteiger partial charge in [0.15, 0.2) is 0 Å². The highest BCUT2D eigenvalue weighted by Gasteiger charge is 2.15. The van der Waals surface area contributed by atoms with Crippen molar-refractivity contribution in [1.82, 2.24) is 0 Å². The van der Waals surface area contributed by atoms with E-state index in [1.54, 1.807) is 6.92 Å². The zero-order chi connectivity index (χ0) is 17.1. The van der Waals surface area contributed by atoms with Crippen LogP contribution in [0.4, 0.5) is 0 Å². The standard InChI is InChI=1S/C21H21BrO2/c1-14-3-6-16(7-4-14)8-10-18-19-13-17(22)9-12-21(19)24-20(18)11-5-15(2)23/h3-4,6-7,9,12-13H,5,8,10-11H2,1-2H3. The Morgan fingerprint density at radius 1 is 1.04 bits per heavy atom. The molecule has 124 valence electrons. The van der Waals surface area contributed by atoms with E-state index in [-0.39, 0.29) is 5.78 Å². The molecule has 2 aromatic carbocycles. The average molecular weight is 385 g/mol. The largest absolute Gasteiger partial charge is 0.461 e. The summed E-state index contributed by atoms with van der Waals surface area (Å²) in [7, 11) is 0. The summed E-state index contributed by atoms with van der Waals surface area (Å²) in [5, 5.41) is 1.15. The minimum atomic E-state index is 0.195. The maximum atomic E-state index is 11.4. The molecule has 0 spiro atoms. The number of halogens is 1. The lowest BCUT2D eigenvalue weighted by atomic mass is 9.99. The fraction of sp³-hybridized carbons (Fsp3) is 0.286. The summed E-state index contributed by atoms with van der Waals surface area (Å²) in [5.41, 5.74) is 4.73. The normalized spacial score (nSPS) is 11.1. The van der Waals surface area contributed by atoms with Crippen molar-refractivity contribution in [3.05, 3.63) is 69.4 Å². The minimum Gasteiger partial charge on any atom is -0.461 e. The second kappa shape index (κ2) is 7.35. The SMILES string of the molecule is CC(=O)CCc1oc2ccc(Br)cc2c1CCc1ccc(C)cc1. The number of aryl methyl sites for hydroxylation is 4. The first-order chi connectivity index (χ1) is 11.5.